The van der Waals surface area contributed by atoms with Crippen molar-refractivity contribution in [3.63, 3.8) is 0 Å². The van der Waals surface area contributed by atoms with Gasteiger partial charge in [-0.25, -0.2) is 18.2 Å². The smallest absolute Gasteiger partial charge is 0.308 e. The molecule has 8 heteroatoms. The Morgan fingerprint density at radius 2 is 1.87 bits per heavy atom. The van der Waals surface area contributed by atoms with Gasteiger partial charge in [0.25, 0.3) is 0 Å². The maximum absolute atomic E-state index is 11.9. The number of rotatable bonds is 2. The number of pyridine rings is 1. The molecule has 0 radical (unpaired) electrons. The molecular formula is C15H10N4O3S. The molecule has 2 heterocycles. The predicted octanol–water partition coefficient (Wildman–Crippen LogP) is 2.36. The number of urea groups is 1. The number of nitrogens with zero attached hydrogens (tertiary/aromatic N) is 2. The Morgan fingerprint density at radius 3 is 2.57 bits per heavy atom. The Morgan fingerprint density at radius 1 is 1.13 bits per heavy atom. The summed E-state index contributed by atoms with van der Waals surface area (Å²) in [5, 5.41) is 14.9. The fourth-order valence-electron chi connectivity index (χ4n) is 2.06. The van der Waals surface area contributed by atoms with Crippen LogP contribution in [0.15, 0.2) is 46.8 Å². The van der Waals surface area contributed by atoms with Gasteiger partial charge in [-0.15, -0.1) is 0 Å². The molecule has 114 valence electrons. The third-order valence-electron chi connectivity index (χ3n) is 3.14. The lowest BCUT2D eigenvalue weighted by atomic mass is 10.2. The lowest BCUT2D eigenvalue weighted by Crippen LogP contribution is -2.19. The van der Waals surface area contributed by atoms with Crippen molar-refractivity contribution in [2.75, 3.05) is 10.6 Å². The van der Waals surface area contributed by atoms with Crippen molar-refractivity contribution >= 4 is 33.3 Å². The Hall–Kier alpha value is -3.18. The fourth-order valence-corrected chi connectivity index (χ4v) is 3.29. The lowest BCUT2D eigenvalue weighted by molar-refractivity contribution is 0.262. The molecule has 1 aliphatic rings. The van der Waals surface area contributed by atoms with Gasteiger partial charge in [-0.05, 0) is 35.9 Å². The normalized spacial score (nSPS) is 13.9. The summed E-state index contributed by atoms with van der Waals surface area (Å²) < 4.78 is 23.6. The van der Waals surface area contributed by atoms with Crippen molar-refractivity contribution in [3.05, 3.63) is 53.2 Å². The number of nitriles is 1. The maximum atomic E-state index is 11.9. The van der Waals surface area contributed by atoms with E-state index >= 15 is 0 Å². The van der Waals surface area contributed by atoms with Gasteiger partial charge in [-0.1, -0.05) is 6.07 Å². The van der Waals surface area contributed by atoms with E-state index in [1.807, 2.05) is 6.07 Å². The van der Waals surface area contributed by atoms with Gasteiger partial charge in [0.2, 0.25) is 9.84 Å². The molecule has 0 fully saturated rings. The SMILES string of the molecule is N#Cc1ccc(NC(=O)Nc2ccc3c(c2)S(=O)(=O)C=C3)cn1. The molecule has 1 aliphatic heterocycles. The highest BCUT2D eigenvalue weighted by Crippen LogP contribution is 2.29. The van der Waals surface area contributed by atoms with Crippen LogP contribution in [0.25, 0.3) is 6.08 Å². The number of carbonyl (C=O) groups excluding carboxylic acids is 1. The van der Waals surface area contributed by atoms with Crippen LogP contribution in [0.4, 0.5) is 16.2 Å². The minimum atomic E-state index is -3.42. The molecule has 7 nitrogen and oxygen atoms in total. The first-order valence-corrected chi connectivity index (χ1v) is 8.04. The number of amides is 2. The topological polar surface area (TPSA) is 112 Å². The van der Waals surface area contributed by atoms with Gasteiger partial charge in [0.15, 0.2) is 0 Å². The minimum Gasteiger partial charge on any atom is -0.308 e. The Balaban J connectivity index is 1.73. The number of hydrogen-bond donors (Lipinski definition) is 2. The standard InChI is InChI=1S/C15H10N4O3S/c16-8-12-3-4-13(9-17-12)19-15(20)18-11-2-1-10-5-6-23(21,22)14(10)7-11/h1-7,9H,(H2,18,19,20). The molecule has 0 bridgehead atoms. The first-order valence-electron chi connectivity index (χ1n) is 6.49. The monoisotopic (exact) mass is 326 g/mol. The van der Waals surface area contributed by atoms with E-state index in [9.17, 15) is 13.2 Å². The van der Waals surface area contributed by atoms with E-state index in [0.29, 0.717) is 16.9 Å². The van der Waals surface area contributed by atoms with E-state index in [1.165, 1.54) is 24.4 Å². The van der Waals surface area contributed by atoms with Crippen LogP contribution in [-0.2, 0) is 9.84 Å². The highest BCUT2D eigenvalue weighted by Gasteiger charge is 2.21. The second kappa shape index (κ2) is 5.55. The van der Waals surface area contributed by atoms with E-state index in [0.717, 1.165) is 5.41 Å². The largest absolute Gasteiger partial charge is 0.323 e. The average molecular weight is 326 g/mol. The van der Waals surface area contributed by atoms with Crippen molar-refractivity contribution in [3.8, 4) is 6.07 Å². The zero-order chi connectivity index (χ0) is 16.4. The summed E-state index contributed by atoms with van der Waals surface area (Å²) in [6, 6.07) is 8.99. The van der Waals surface area contributed by atoms with Crippen LogP contribution < -0.4 is 10.6 Å². The summed E-state index contributed by atoms with van der Waals surface area (Å²) >= 11 is 0. The minimum absolute atomic E-state index is 0.162. The van der Waals surface area contributed by atoms with Gasteiger partial charge in [-0.2, -0.15) is 5.26 Å². The Kier molecular flexibility index (Phi) is 3.56. The summed E-state index contributed by atoms with van der Waals surface area (Å²) in [4.78, 5) is 15.9. The van der Waals surface area contributed by atoms with Gasteiger partial charge in [-0.3, -0.25) is 0 Å². The summed E-state index contributed by atoms with van der Waals surface area (Å²) in [5.41, 5.74) is 1.60. The molecule has 3 rings (SSSR count). The van der Waals surface area contributed by atoms with Crippen LogP contribution in [0.2, 0.25) is 0 Å². The lowest BCUT2D eigenvalue weighted by Gasteiger charge is -2.08. The van der Waals surface area contributed by atoms with E-state index in [1.54, 1.807) is 18.2 Å². The predicted molar refractivity (Wildman–Crippen MR) is 84.3 cm³/mol. The van der Waals surface area contributed by atoms with Gasteiger partial charge < -0.3 is 10.6 Å². The molecule has 0 atom stereocenters. The van der Waals surface area contributed by atoms with Crippen LogP contribution in [0.1, 0.15) is 11.3 Å². The van der Waals surface area contributed by atoms with Crippen molar-refractivity contribution < 1.29 is 13.2 Å². The van der Waals surface area contributed by atoms with Gasteiger partial charge in [0, 0.05) is 11.1 Å². The number of hydrogen-bond acceptors (Lipinski definition) is 5. The van der Waals surface area contributed by atoms with Crippen molar-refractivity contribution in [2.45, 2.75) is 4.90 Å². The average Bonchev–Trinajstić information content (AvgIpc) is 2.83. The van der Waals surface area contributed by atoms with E-state index in [-0.39, 0.29) is 10.6 Å². The number of anilines is 2. The molecule has 2 aromatic rings. The summed E-state index contributed by atoms with van der Waals surface area (Å²) in [6.07, 6.45) is 2.87. The van der Waals surface area contributed by atoms with Crippen LogP contribution in [0.3, 0.4) is 0 Å². The molecule has 0 unspecified atom stereocenters. The zero-order valence-electron chi connectivity index (χ0n) is 11.6. The molecule has 0 saturated carbocycles. The summed E-state index contributed by atoms with van der Waals surface area (Å²) in [6.45, 7) is 0. The first kappa shape index (κ1) is 14.7. The van der Waals surface area contributed by atoms with Crippen LogP contribution in [0, 0.1) is 11.3 Å². The van der Waals surface area contributed by atoms with Crippen molar-refractivity contribution in [1.82, 2.24) is 4.98 Å². The maximum Gasteiger partial charge on any atom is 0.323 e. The van der Waals surface area contributed by atoms with Crippen molar-refractivity contribution in [2.24, 2.45) is 0 Å². The number of benzene rings is 1. The Labute approximate surface area is 132 Å². The molecular weight excluding hydrogens is 316 g/mol. The number of carbonyl (C=O) groups is 1. The Bertz CT molecular complexity index is 957. The number of fused-ring (bicyclic) bond motifs is 1. The van der Waals surface area contributed by atoms with E-state index in [2.05, 4.69) is 15.6 Å². The number of aromatic nitrogens is 1. The molecule has 2 N–H and O–H groups in total. The summed E-state index contributed by atoms with van der Waals surface area (Å²) in [7, 11) is -3.42. The van der Waals surface area contributed by atoms with Gasteiger partial charge in [0.05, 0.1) is 16.8 Å². The molecule has 1 aromatic heterocycles. The molecule has 23 heavy (non-hydrogen) atoms. The third kappa shape index (κ3) is 3.04. The number of nitrogens with one attached hydrogen (secondary N) is 2. The molecule has 2 amide bonds. The highest BCUT2D eigenvalue weighted by molar-refractivity contribution is 7.94. The van der Waals surface area contributed by atoms with E-state index in [4.69, 9.17) is 5.26 Å². The third-order valence-corrected chi connectivity index (χ3v) is 4.60. The second-order valence-corrected chi connectivity index (χ2v) is 6.53. The first-order chi connectivity index (χ1) is 11.0. The van der Waals surface area contributed by atoms with Crippen LogP contribution in [0.5, 0.6) is 0 Å². The zero-order valence-corrected chi connectivity index (χ0v) is 12.5. The van der Waals surface area contributed by atoms with Gasteiger partial charge >= 0.3 is 6.03 Å². The van der Waals surface area contributed by atoms with Crippen LogP contribution in [-0.4, -0.2) is 19.4 Å². The highest BCUT2D eigenvalue weighted by atomic mass is 32.2. The quantitative estimate of drug-likeness (QED) is 0.879. The number of sulfone groups is 1. The van der Waals surface area contributed by atoms with Gasteiger partial charge in [0.1, 0.15) is 11.8 Å². The summed E-state index contributed by atoms with van der Waals surface area (Å²) in [5.74, 6) is 0. The van der Waals surface area contributed by atoms with Crippen molar-refractivity contribution in [1.29, 1.82) is 5.26 Å². The van der Waals surface area contributed by atoms with Crippen LogP contribution >= 0.6 is 0 Å². The second-order valence-electron chi connectivity index (χ2n) is 4.72. The molecule has 0 saturated heterocycles. The molecule has 0 aliphatic carbocycles. The molecule has 1 aromatic carbocycles. The van der Waals surface area contributed by atoms with E-state index < -0.39 is 15.9 Å². The molecule has 0 spiro atoms. The fraction of sp³-hybridized carbons (Fsp3) is 0.